The molecule has 2 rings (SSSR count). The van der Waals surface area contributed by atoms with Crippen molar-refractivity contribution >= 4 is 15.4 Å². The van der Waals surface area contributed by atoms with Crippen molar-refractivity contribution in [1.82, 2.24) is 4.67 Å². The normalized spacial score (nSPS) is 40.2. The van der Waals surface area contributed by atoms with Gasteiger partial charge >= 0.3 is 0 Å². The molecule has 1 heterocycles. The second-order valence-electron chi connectivity index (χ2n) is 4.13. The lowest BCUT2D eigenvalue weighted by atomic mass is 9.85. The van der Waals surface area contributed by atoms with Gasteiger partial charge in [-0.2, -0.15) is 0 Å². The van der Waals surface area contributed by atoms with Crippen LogP contribution in [0.1, 0.15) is 32.1 Å². The van der Waals surface area contributed by atoms with Gasteiger partial charge in [-0.05, 0) is 25.2 Å². The Labute approximate surface area is 80.7 Å². The molecular weight excluding hydrogens is 185 g/mol. The summed E-state index contributed by atoms with van der Waals surface area (Å²) in [6, 6.07) is 0.111. The van der Waals surface area contributed by atoms with E-state index >= 15 is 0 Å². The van der Waals surface area contributed by atoms with E-state index in [2.05, 4.69) is 9.39 Å². The summed E-state index contributed by atoms with van der Waals surface area (Å²) in [5.41, 5.74) is 0. The number of nitrogens with zero attached hydrogens (tertiary/aromatic N) is 1. The molecule has 0 spiro atoms. The summed E-state index contributed by atoms with van der Waals surface area (Å²) in [5.74, 6) is -0.321. The molecule has 3 nitrogen and oxygen atoms in total. The first kappa shape index (κ1) is 9.42. The van der Waals surface area contributed by atoms with Crippen LogP contribution in [0.5, 0.6) is 0 Å². The van der Waals surface area contributed by atoms with Gasteiger partial charge in [0, 0.05) is 6.04 Å². The molecule has 0 N–H and O–H groups in total. The summed E-state index contributed by atoms with van der Waals surface area (Å²) in [4.78, 5) is 10.8. The molecule has 4 heteroatoms. The topological polar surface area (TPSA) is 43.4 Å². The van der Waals surface area contributed by atoms with E-state index in [-0.39, 0.29) is 6.04 Å². The predicted octanol–water partition coefficient (Wildman–Crippen LogP) is 0.159. The van der Waals surface area contributed by atoms with E-state index in [0.29, 0.717) is 12.0 Å². The predicted molar refractivity (Wildman–Crippen MR) is 50.7 cm³/mol. The number of aliphatic carboxylic acids is 1. The average molecular weight is 200 g/mol. The number of carbonyl (C=O) groups is 1. The number of hydrogen-bond donors (Lipinski definition) is 0. The van der Waals surface area contributed by atoms with Crippen molar-refractivity contribution in [1.29, 1.82) is 0 Å². The molecule has 74 valence electrons. The molecule has 2 aliphatic rings. The van der Waals surface area contributed by atoms with E-state index in [1.165, 1.54) is 19.3 Å². The van der Waals surface area contributed by atoms with Crippen LogP contribution in [-0.2, 0) is 4.79 Å². The molecule has 2 fully saturated rings. The lowest BCUT2D eigenvalue weighted by molar-refractivity contribution is -0.309. The third kappa shape index (κ3) is 1.60. The molecule has 13 heavy (non-hydrogen) atoms. The maximum Gasteiger partial charge on any atom is 0.0589 e. The zero-order valence-corrected chi connectivity index (χ0v) is 8.76. The third-order valence-corrected chi connectivity index (χ3v) is 4.15. The molecule has 1 aliphatic carbocycles. The second-order valence-corrected chi connectivity index (χ2v) is 4.73. The molecule has 0 aromatic carbocycles. The third-order valence-electron chi connectivity index (χ3n) is 3.41. The number of rotatable bonds is 1. The van der Waals surface area contributed by atoms with Gasteiger partial charge in [-0.3, -0.25) is 4.67 Å². The summed E-state index contributed by atoms with van der Waals surface area (Å²) in [5, 5.41) is 10.8. The van der Waals surface area contributed by atoms with Gasteiger partial charge in [0.05, 0.1) is 12.0 Å². The Hall–Kier alpha value is -0.140. The number of carbonyl (C=O) groups excluding carboxylic acids is 1. The highest BCUT2D eigenvalue weighted by Crippen LogP contribution is 2.41. The van der Waals surface area contributed by atoms with Gasteiger partial charge in [0.1, 0.15) is 0 Å². The fraction of sp³-hybridized carbons (Fsp3) is 0.889. The van der Waals surface area contributed by atoms with E-state index in [0.717, 1.165) is 12.8 Å². The molecule has 4 atom stereocenters. The van der Waals surface area contributed by atoms with Gasteiger partial charge in [-0.25, -0.2) is 0 Å². The first-order chi connectivity index (χ1) is 6.20. The van der Waals surface area contributed by atoms with Crippen LogP contribution in [0.3, 0.4) is 0 Å². The molecule has 0 radical (unpaired) electrons. The van der Waals surface area contributed by atoms with Crippen molar-refractivity contribution in [2.45, 2.75) is 44.2 Å². The molecule has 1 saturated carbocycles. The maximum absolute atomic E-state index is 10.8. The molecule has 0 aromatic heterocycles. The number of carboxylic acids is 1. The van der Waals surface area contributed by atoms with E-state index in [9.17, 15) is 9.90 Å². The van der Waals surface area contributed by atoms with Gasteiger partial charge < -0.3 is 9.90 Å². The Kier molecular flexibility index (Phi) is 2.57. The van der Waals surface area contributed by atoms with Crippen molar-refractivity contribution in [3.63, 3.8) is 0 Å². The SMILES string of the molecule is O=C([O-])C1CC2CCCCC2N1P. The number of fused-ring (bicyclic) bond motifs is 1. The van der Waals surface area contributed by atoms with Gasteiger partial charge in [0.25, 0.3) is 0 Å². The quantitative estimate of drug-likeness (QED) is 0.566. The zero-order chi connectivity index (χ0) is 9.42. The van der Waals surface area contributed by atoms with Crippen LogP contribution in [-0.4, -0.2) is 22.7 Å². The minimum absolute atomic E-state index is 0.363. The fourth-order valence-corrected chi connectivity index (χ4v) is 3.35. The van der Waals surface area contributed by atoms with Crippen LogP contribution >= 0.6 is 9.39 Å². The van der Waals surface area contributed by atoms with Crippen molar-refractivity contribution in [2.24, 2.45) is 5.92 Å². The summed E-state index contributed by atoms with van der Waals surface area (Å²) in [7, 11) is 2.56. The highest BCUT2D eigenvalue weighted by atomic mass is 31.0. The van der Waals surface area contributed by atoms with E-state index in [1.807, 2.05) is 4.67 Å². The minimum Gasteiger partial charge on any atom is -0.548 e. The van der Waals surface area contributed by atoms with Crippen molar-refractivity contribution in [3.8, 4) is 0 Å². The Balaban J connectivity index is 2.09. The van der Waals surface area contributed by atoms with Crippen molar-refractivity contribution in [2.75, 3.05) is 0 Å². The summed E-state index contributed by atoms with van der Waals surface area (Å²) in [6.07, 6.45) is 5.64. The number of hydrogen-bond acceptors (Lipinski definition) is 3. The first-order valence-electron chi connectivity index (χ1n) is 4.94. The van der Waals surface area contributed by atoms with Gasteiger partial charge in [0.2, 0.25) is 0 Å². The molecule has 1 saturated heterocycles. The smallest absolute Gasteiger partial charge is 0.0589 e. The molecular formula is C9H15NO2P-. The highest BCUT2D eigenvalue weighted by molar-refractivity contribution is 7.13. The highest BCUT2D eigenvalue weighted by Gasteiger charge is 2.40. The van der Waals surface area contributed by atoms with Crippen LogP contribution in [0, 0.1) is 5.92 Å². The summed E-state index contributed by atoms with van der Waals surface area (Å²) >= 11 is 0. The Morgan fingerprint density at radius 3 is 2.69 bits per heavy atom. The van der Waals surface area contributed by atoms with Crippen LogP contribution in [0.2, 0.25) is 0 Å². The van der Waals surface area contributed by atoms with Gasteiger partial charge in [0.15, 0.2) is 0 Å². The number of carboxylic acid groups (broad SMARTS) is 1. The standard InChI is InChI=1S/C9H16NO2P/c11-9(12)8-5-6-3-1-2-4-7(6)10(8)13/h6-8H,1-5,13H2,(H,11,12)/p-1. The van der Waals surface area contributed by atoms with Crippen LogP contribution in [0.25, 0.3) is 0 Å². The molecule has 1 aliphatic heterocycles. The molecule has 0 bridgehead atoms. The van der Waals surface area contributed by atoms with Crippen LogP contribution in [0.15, 0.2) is 0 Å². The Bertz CT molecular complexity index is 222. The first-order valence-corrected chi connectivity index (χ1v) is 5.45. The molecule has 4 unspecified atom stereocenters. The summed E-state index contributed by atoms with van der Waals surface area (Å²) < 4.78 is 1.93. The Morgan fingerprint density at radius 1 is 1.38 bits per heavy atom. The van der Waals surface area contributed by atoms with Crippen molar-refractivity contribution < 1.29 is 9.90 Å². The zero-order valence-electron chi connectivity index (χ0n) is 7.61. The molecule has 0 amide bonds. The Morgan fingerprint density at radius 2 is 2.08 bits per heavy atom. The average Bonchev–Trinajstić information content (AvgIpc) is 2.45. The summed E-state index contributed by atoms with van der Waals surface area (Å²) in [6.45, 7) is 0. The monoisotopic (exact) mass is 200 g/mol. The van der Waals surface area contributed by atoms with Crippen molar-refractivity contribution in [3.05, 3.63) is 0 Å². The lowest BCUT2D eigenvalue weighted by Crippen LogP contribution is -2.42. The van der Waals surface area contributed by atoms with E-state index in [1.54, 1.807) is 0 Å². The maximum atomic E-state index is 10.8. The fourth-order valence-electron chi connectivity index (χ4n) is 2.71. The van der Waals surface area contributed by atoms with Crippen LogP contribution < -0.4 is 5.11 Å². The van der Waals surface area contributed by atoms with E-state index < -0.39 is 5.97 Å². The van der Waals surface area contributed by atoms with Crippen LogP contribution in [0.4, 0.5) is 0 Å². The van der Waals surface area contributed by atoms with Gasteiger partial charge in [-0.1, -0.05) is 22.2 Å². The molecule has 0 aromatic rings. The lowest BCUT2D eigenvalue weighted by Gasteiger charge is -2.30. The van der Waals surface area contributed by atoms with E-state index in [4.69, 9.17) is 0 Å². The second kappa shape index (κ2) is 3.55. The largest absolute Gasteiger partial charge is 0.548 e. The minimum atomic E-state index is -0.913. The van der Waals surface area contributed by atoms with Gasteiger partial charge in [-0.15, -0.1) is 0 Å².